The third kappa shape index (κ3) is 5.25. The van der Waals surface area contributed by atoms with E-state index in [1.807, 2.05) is 54.6 Å². The molecule has 0 bridgehead atoms. The molecule has 6 heteroatoms. The number of nitrogens with one attached hydrogen (secondary N) is 1. The van der Waals surface area contributed by atoms with Crippen LogP contribution in [0.5, 0.6) is 17.4 Å². The highest BCUT2D eigenvalue weighted by atomic mass is 16.5. The van der Waals surface area contributed by atoms with Crippen LogP contribution in [0.4, 0.5) is 0 Å². The minimum Gasteiger partial charge on any atom is -0.497 e. The van der Waals surface area contributed by atoms with Gasteiger partial charge in [-0.05, 0) is 48.0 Å². The molecular weight excluding hydrogens is 390 g/mol. The minimum atomic E-state index is -0.170. The van der Waals surface area contributed by atoms with Gasteiger partial charge in [-0.15, -0.1) is 0 Å². The lowest BCUT2D eigenvalue weighted by molar-refractivity contribution is 0.0950. The number of nitrogens with zero attached hydrogens (tertiary/aromatic N) is 2. The first-order chi connectivity index (χ1) is 15.2. The summed E-state index contributed by atoms with van der Waals surface area (Å²) in [7, 11) is 1.63. The average molecular weight is 411 g/mol. The number of ether oxygens (including phenoxy) is 2. The maximum Gasteiger partial charge on any atom is 0.251 e. The number of rotatable bonds is 7. The van der Waals surface area contributed by atoms with Crippen LogP contribution < -0.4 is 14.8 Å². The highest BCUT2D eigenvalue weighted by molar-refractivity contribution is 5.94. The zero-order valence-electron chi connectivity index (χ0n) is 17.0. The smallest absolute Gasteiger partial charge is 0.251 e. The summed E-state index contributed by atoms with van der Waals surface area (Å²) in [5, 5.41) is 2.92. The van der Waals surface area contributed by atoms with E-state index in [2.05, 4.69) is 15.3 Å². The van der Waals surface area contributed by atoms with Gasteiger partial charge in [0.1, 0.15) is 17.8 Å². The Balaban J connectivity index is 1.45. The molecule has 3 aromatic carbocycles. The van der Waals surface area contributed by atoms with E-state index >= 15 is 0 Å². The number of amides is 1. The molecule has 1 N–H and O–H groups in total. The molecule has 1 amide bonds. The maximum absolute atomic E-state index is 12.5. The molecule has 31 heavy (non-hydrogen) atoms. The Morgan fingerprint density at radius 3 is 2.45 bits per heavy atom. The fourth-order valence-corrected chi connectivity index (χ4v) is 3.02. The molecule has 0 unspecified atom stereocenters. The Bertz CT molecular complexity index is 1160. The van der Waals surface area contributed by atoms with Crippen molar-refractivity contribution >= 4 is 5.91 Å². The van der Waals surface area contributed by atoms with Crippen molar-refractivity contribution in [3.05, 3.63) is 102 Å². The van der Waals surface area contributed by atoms with E-state index in [1.165, 1.54) is 6.33 Å². The molecular formula is C25H21N3O3. The van der Waals surface area contributed by atoms with Gasteiger partial charge in [0.2, 0.25) is 5.88 Å². The van der Waals surface area contributed by atoms with Crippen LogP contribution in [0.25, 0.3) is 11.3 Å². The lowest BCUT2D eigenvalue weighted by atomic mass is 10.1. The molecule has 0 saturated heterocycles. The van der Waals surface area contributed by atoms with Crippen molar-refractivity contribution in [3.63, 3.8) is 0 Å². The monoisotopic (exact) mass is 411 g/mol. The van der Waals surface area contributed by atoms with Gasteiger partial charge < -0.3 is 14.8 Å². The number of benzene rings is 3. The average Bonchev–Trinajstić information content (AvgIpc) is 2.83. The van der Waals surface area contributed by atoms with E-state index in [0.717, 1.165) is 22.6 Å². The zero-order chi connectivity index (χ0) is 21.5. The van der Waals surface area contributed by atoms with E-state index in [9.17, 15) is 4.79 Å². The van der Waals surface area contributed by atoms with Gasteiger partial charge in [0.25, 0.3) is 5.91 Å². The molecule has 0 spiro atoms. The van der Waals surface area contributed by atoms with E-state index in [-0.39, 0.29) is 5.91 Å². The topological polar surface area (TPSA) is 73.3 Å². The lowest BCUT2D eigenvalue weighted by Crippen LogP contribution is -2.22. The molecule has 0 aliphatic carbocycles. The largest absolute Gasteiger partial charge is 0.497 e. The van der Waals surface area contributed by atoms with Crippen LogP contribution in [-0.2, 0) is 6.54 Å². The fraction of sp³-hybridized carbons (Fsp3) is 0.0800. The number of hydrogen-bond acceptors (Lipinski definition) is 5. The van der Waals surface area contributed by atoms with Crippen molar-refractivity contribution in [2.45, 2.75) is 6.54 Å². The summed E-state index contributed by atoms with van der Waals surface area (Å²) in [5.74, 6) is 1.52. The third-order valence-electron chi connectivity index (χ3n) is 4.64. The predicted molar refractivity (Wildman–Crippen MR) is 118 cm³/mol. The first-order valence-electron chi connectivity index (χ1n) is 9.78. The van der Waals surface area contributed by atoms with Crippen LogP contribution in [0.2, 0.25) is 0 Å². The molecule has 0 fully saturated rings. The summed E-state index contributed by atoms with van der Waals surface area (Å²) in [6.45, 7) is 0.460. The van der Waals surface area contributed by atoms with Gasteiger partial charge in [-0.1, -0.05) is 36.4 Å². The highest BCUT2D eigenvalue weighted by Gasteiger charge is 2.09. The lowest BCUT2D eigenvalue weighted by Gasteiger charge is -2.09. The fourth-order valence-electron chi connectivity index (χ4n) is 3.02. The van der Waals surface area contributed by atoms with Crippen molar-refractivity contribution in [2.75, 3.05) is 7.11 Å². The van der Waals surface area contributed by atoms with Crippen LogP contribution >= 0.6 is 0 Å². The number of carbonyl (C=O) groups excluding carboxylic acids is 1. The minimum absolute atomic E-state index is 0.170. The van der Waals surface area contributed by atoms with Crippen molar-refractivity contribution in [1.82, 2.24) is 15.3 Å². The van der Waals surface area contributed by atoms with Crippen molar-refractivity contribution in [3.8, 4) is 28.6 Å². The van der Waals surface area contributed by atoms with Gasteiger partial charge >= 0.3 is 0 Å². The summed E-state index contributed by atoms with van der Waals surface area (Å²) in [6.07, 6.45) is 1.45. The molecule has 0 atom stereocenters. The van der Waals surface area contributed by atoms with Gasteiger partial charge in [0.05, 0.1) is 12.8 Å². The zero-order valence-corrected chi connectivity index (χ0v) is 17.0. The van der Waals surface area contributed by atoms with Gasteiger partial charge in [-0.2, -0.15) is 0 Å². The van der Waals surface area contributed by atoms with Crippen LogP contribution in [0.15, 0.2) is 91.3 Å². The Kier molecular flexibility index (Phi) is 6.18. The van der Waals surface area contributed by atoms with E-state index in [0.29, 0.717) is 23.7 Å². The third-order valence-corrected chi connectivity index (χ3v) is 4.64. The highest BCUT2D eigenvalue weighted by Crippen LogP contribution is 2.25. The Morgan fingerprint density at radius 2 is 1.68 bits per heavy atom. The second-order valence-electron chi connectivity index (χ2n) is 6.77. The Morgan fingerprint density at radius 1 is 0.871 bits per heavy atom. The molecule has 6 nitrogen and oxygen atoms in total. The van der Waals surface area contributed by atoms with Crippen LogP contribution in [0, 0.1) is 0 Å². The van der Waals surface area contributed by atoms with Crippen molar-refractivity contribution in [1.29, 1.82) is 0 Å². The molecule has 1 heterocycles. The van der Waals surface area contributed by atoms with Gasteiger partial charge in [0, 0.05) is 23.7 Å². The number of methoxy groups -OCH3 is 1. The first kappa shape index (κ1) is 20.1. The summed E-state index contributed by atoms with van der Waals surface area (Å²) < 4.78 is 11.1. The van der Waals surface area contributed by atoms with E-state index < -0.39 is 0 Å². The number of carbonyl (C=O) groups is 1. The second kappa shape index (κ2) is 9.54. The van der Waals surface area contributed by atoms with Crippen molar-refractivity contribution < 1.29 is 14.3 Å². The van der Waals surface area contributed by atoms with E-state index in [4.69, 9.17) is 9.47 Å². The van der Waals surface area contributed by atoms with Crippen LogP contribution in [-0.4, -0.2) is 23.0 Å². The molecule has 0 aliphatic rings. The number of aromatic nitrogens is 2. The van der Waals surface area contributed by atoms with E-state index in [1.54, 1.807) is 37.4 Å². The quantitative estimate of drug-likeness (QED) is 0.469. The molecule has 0 saturated carbocycles. The van der Waals surface area contributed by atoms with Gasteiger partial charge in [0.15, 0.2) is 0 Å². The molecule has 0 radical (unpaired) electrons. The molecule has 4 aromatic rings. The van der Waals surface area contributed by atoms with Crippen LogP contribution in [0.3, 0.4) is 0 Å². The summed E-state index contributed by atoms with van der Waals surface area (Å²) in [5.41, 5.74) is 3.19. The van der Waals surface area contributed by atoms with Gasteiger partial charge in [-0.3, -0.25) is 4.79 Å². The maximum atomic E-state index is 12.5. The number of hydrogen-bond donors (Lipinski definition) is 1. The standard InChI is InChI=1S/C25H21N3O3/c1-30-21-12-10-19(11-13-21)23-15-24(28-17-27-23)31-22-9-5-8-20(14-22)25(29)26-16-18-6-3-2-4-7-18/h2-15,17H,16H2,1H3,(H,26,29). The molecule has 154 valence electrons. The van der Waals surface area contributed by atoms with Gasteiger partial charge in [-0.25, -0.2) is 9.97 Å². The summed E-state index contributed by atoms with van der Waals surface area (Å²) in [4.78, 5) is 21.0. The molecule has 0 aliphatic heterocycles. The van der Waals surface area contributed by atoms with Crippen LogP contribution in [0.1, 0.15) is 15.9 Å². The molecule has 4 rings (SSSR count). The molecule has 1 aromatic heterocycles. The second-order valence-corrected chi connectivity index (χ2v) is 6.77. The first-order valence-corrected chi connectivity index (χ1v) is 9.78. The summed E-state index contributed by atoms with van der Waals surface area (Å²) >= 11 is 0. The van der Waals surface area contributed by atoms with Crippen molar-refractivity contribution in [2.24, 2.45) is 0 Å². The SMILES string of the molecule is COc1ccc(-c2cc(Oc3cccc(C(=O)NCc4ccccc4)c3)ncn2)cc1. The Hall–Kier alpha value is -4.19. The predicted octanol–water partition coefficient (Wildman–Crippen LogP) is 4.87. The summed E-state index contributed by atoms with van der Waals surface area (Å²) in [6, 6.07) is 26.1. The normalized spacial score (nSPS) is 10.4. The Labute approximate surface area is 180 Å².